The first kappa shape index (κ1) is 25.4. The molecule has 0 saturated carbocycles. The van der Waals surface area contributed by atoms with Gasteiger partial charge in [0.1, 0.15) is 11.1 Å². The Labute approximate surface area is 181 Å². The molecule has 2 aromatic carbocycles. The summed E-state index contributed by atoms with van der Waals surface area (Å²) in [5.41, 5.74) is 3.30. The molecule has 0 N–H and O–H groups in total. The standard InChI is InChI=1S/C19H19NO3.C4H10.C3H8/c1-12-5-7-13(8-6-12)17-20-15-10-9-14(11-16(15)22-17)18(21)23-19(2,3)4;1-3-4-2;1-3-2/h5-11H,1-4H3;3-4H2,1-2H3;3H2,1-2H3. The predicted molar refractivity (Wildman–Crippen MR) is 126 cm³/mol. The fourth-order valence-corrected chi connectivity index (χ4v) is 2.21. The molecular formula is C26H37NO3. The molecule has 1 aromatic heterocycles. The second-order valence-electron chi connectivity index (χ2n) is 8.28. The van der Waals surface area contributed by atoms with Crippen LogP contribution in [-0.4, -0.2) is 16.6 Å². The summed E-state index contributed by atoms with van der Waals surface area (Å²) in [5.74, 6) is 0.175. The third kappa shape index (κ3) is 8.40. The highest BCUT2D eigenvalue weighted by Crippen LogP contribution is 2.26. The van der Waals surface area contributed by atoms with Gasteiger partial charge in [0.05, 0.1) is 5.56 Å². The van der Waals surface area contributed by atoms with E-state index in [1.54, 1.807) is 18.2 Å². The highest BCUT2D eigenvalue weighted by atomic mass is 16.6. The number of aromatic nitrogens is 1. The number of oxazole rings is 1. The summed E-state index contributed by atoms with van der Waals surface area (Å²) in [7, 11) is 0. The molecule has 0 bridgehead atoms. The fourth-order valence-electron chi connectivity index (χ4n) is 2.21. The van der Waals surface area contributed by atoms with Crippen LogP contribution >= 0.6 is 0 Å². The minimum Gasteiger partial charge on any atom is -0.456 e. The maximum Gasteiger partial charge on any atom is 0.338 e. The third-order valence-electron chi connectivity index (χ3n) is 3.82. The van der Waals surface area contributed by atoms with Gasteiger partial charge < -0.3 is 9.15 Å². The normalized spacial score (nSPS) is 10.5. The molecule has 30 heavy (non-hydrogen) atoms. The molecule has 4 heteroatoms. The van der Waals surface area contributed by atoms with Crippen molar-refractivity contribution in [3.63, 3.8) is 0 Å². The zero-order valence-corrected chi connectivity index (χ0v) is 19.8. The molecule has 164 valence electrons. The van der Waals surface area contributed by atoms with E-state index in [4.69, 9.17) is 9.15 Å². The number of ether oxygens (including phenoxy) is 1. The van der Waals surface area contributed by atoms with Gasteiger partial charge in [-0.2, -0.15) is 0 Å². The van der Waals surface area contributed by atoms with Gasteiger partial charge in [-0.15, -0.1) is 0 Å². The van der Waals surface area contributed by atoms with Crippen molar-refractivity contribution in [2.75, 3.05) is 0 Å². The van der Waals surface area contributed by atoms with Crippen LogP contribution in [0, 0.1) is 6.92 Å². The molecule has 0 saturated heterocycles. The Balaban J connectivity index is 0.000000564. The van der Waals surface area contributed by atoms with Gasteiger partial charge in [0, 0.05) is 5.56 Å². The third-order valence-corrected chi connectivity index (χ3v) is 3.82. The van der Waals surface area contributed by atoms with E-state index in [1.165, 1.54) is 24.8 Å². The summed E-state index contributed by atoms with van der Waals surface area (Å²) >= 11 is 0. The number of esters is 1. The van der Waals surface area contributed by atoms with Gasteiger partial charge in [-0.1, -0.05) is 64.7 Å². The topological polar surface area (TPSA) is 52.3 Å². The first-order valence-corrected chi connectivity index (χ1v) is 10.9. The van der Waals surface area contributed by atoms with E-state index in [0.29, 0.717) is 22.6 Å². The van der Waals surface area contributed by atoms with Crippen LogP contribution in [0.2, 0.25) is 0 Å². The van der Waals surface area contributed by atoms with Crippen LogP contribution in [-0.2, 0) is 4.74 Å². The number of hydrogen-bond acceptors (Lipinski definition) is 4. The molecular weight excluding hydrogens is 374 g/mol. The van der Waals surface area contributed by atoms with Crippen LogP contribution in [0.5, 0.6) is 0 Å². The molecule has 0 spiro atoms. The van der Waals surface area contributed by atoms with Crippen molar-refractivity contribution in [1.29, 1.82) is 0 Å². The van der Waals surface area contributed by atoms with Gasteiger partial charge in [-0.05, 0) is 58.0 Å². The van der Waals surface area contributed by atoms with E-state index in [2.05, 4.69) is 32.7 Å². The molecule has 0 amide bonds. The summed E-state index contributed by atoms with van der Waals surface area (Å²) in [4.78, 5) is 16.6. The minimum atomic E-state index is -0.527. The molecule has 0 aliphatic rings. The molecule has 0 aliphatic carbocycles. The van der Waals surface area contributed by atoms with Gasteiger partial charge in [-0.25, -0.2) is 9.78 Å². The van der Waals surface area contributed by atoms with E-state index in [0.717, 1.165) is 5.56 Å². The zero-order chi connectivity index (χ0) is 22.7. The second kappa shape index (κ2) is 12.2. The Morgan fingerprint density at radius 1 is 0.967 bits per heavy atom. The molecule has 3 rings (SSSR count). The van der Waals surface area contributed by atoms with Crippen LogP contribution in [0.4, 0.5) is 0 Å². The van der Waals surface area contributed by atoms with E-state index in [-0.39, 0.29) is 5.97 Å². The second-order valence-corrected chi connectivity index (χ2v) is 8.28. The fraction of sp³-hybridized carbons (Fsp3) is 0.462. The predicted octanol–water partition coefficient (Wildman–Crippen LogP) is 7.98. The molecule has 0 fully saturated rings. The quantitative estimate of drug-likeness (QED) is 0.410. The number of nitrogens with zero attached hydrogens (tertiary/aromatic N) is 1. The van der Waals surface area contributed by atoms with E-state index < -0.39 is 5.60 Å². The summed E-state index contributed by atoms with van der Waals surface area (Å²) in [6, 6.07) is 13.1. The van der Waals surface area contributed by atoms with E-state index in [9.17, 15) is 4.79 Å². The van der Waals surface area contributed by atoms with Crippen molar-refractivity contribution in [2.45, 2.75) is 80.3 Å². The van der Waals surface area contributed by atoms with Gasteiger partial charge in [0.15, 0.2) is 5.58 Å². The maximum atomic E-state index is 12.1. The molecule has 4 nitrogen and oxygen atoms in total. The lowest BCUT2D eigenvalue weighted by atomic mass is 10.1. The van der Waals surface area contributed by atoms with Gasteiger partial charge >= 0.3 is 5.97 Å². The number of carbonyl (C=O) groups is 1. The van der Waals surface area contributed by atoms with Crippen molar-refractivity contribution in [1.82, 2.24) is 4.98 Å². The maximum absolute atomic E-state index is 12.1. The summed E-state index contributed by atoms with van der Waals surface area (Å²) in [5, 5.41) is 0. The Hall–Kier alpha value is -2.62. The number of fused-ring (bicyclic) bond motifs is 1. The lowest BCUT2D eigenvalue weighted by molar-refractivity contribution is 0.00695. The zero-order valence-electron chi connectivity index (χ0n) is 19.8. The number of unbranched alkanes of at least 4 members (excludes halogenated alkanes) is 1. The smallest absolute Gasteiger partial charge is 0.338 e. The largest absolute Gasteiger partial charge is 0.456 e. The van der Waals surface area contributed by atoms with Gasteiger partial charge in [0.25, 0.3) is 0 Å². The van der Waals surface area contributed by atoms with Crippen LogP contribution in [0.15, 0.2) is 46.9 Å². The number of carbonyl (C=O) groups excluding carboxylic acids is 1. The molecule has 3 aromatic rings. The number of aryl methyl sites for hydroxylation is 1. The molecule has 0 aliphatic heterocycles. The number of rotatable bonds is 3. The van der Waals surface area contributed by atoms with Crippen LogP contribution < -0.4 is 0 Å². The summed E-state index contributed by atoms with van der Waals surface area (Å²) in [6.45, 7) is 16.2. The van der Waals surface area contributed by atoms with Crippen molar-refractivity contribution in [3.05, 3.63) is 53.6 Å². The van der Waals surface area contributed by atoms with Gasteiger partial charge in [-0.3, -0.25) is 0 Å². The minimum absolute atomic E-state index is 0.368. The first-order chi connectivity index (χ1) is 14.1. The molecule has 0 atom stereocenters. The monoisotopic (exact) mass is 411 g/mol. The van der Waals surface area contributed by atoms with E-state index >= 15 is 0 Å². The van der Waals surface area contributed by atoms with Crippen molar-refractivity contribution < 1.29 is 13.9 Å². The highest BCUT2D eigenvalue weighted by molar-refractivity contribution is 5.93. The Morgan fingerprint density at radius 3 is 2.03 bits per heavy atom. The average molecular weight is 412 g/mol. The van der Waals surface area contributed by atoms with Crippen molar-refractivity contribution >= 4 is 17.1 Å². The van der Waals surface area contributed by atoms with Crippen LogP contribution in [0.3, 0.4) is 0 Å². The van der Waals surface area contributed by atoms with Crippen molar-refractivity contribution in [3.8, 4) is 11.5 Å². The number of hydrogen-bond donors (Lipinski definition) is 0. The van der Waals surface area contributed by atoms with E-state index in [1.807, 2.05) is 52.0 Å². The lowest BCUT2D eigenvalue weighted by Crippen LogP contribution is -2.23. The Kier molecular flexibility index (Phi) is 10.3. The molecule has 1 heterocycles. The molecule has 0 radical (unpaired) electrons. The highest BCUT2D eigenvalue weighted by Gasteiger charge is 2.19. The first-order valence-electron chi connectivity index (χ1n) is 10.9. The summed E-state index contributed by atoms with van der Waals surface area (Å²) in [6.07, 6.45) is 3.89. The number of benzene rings is 2. The molecule has 0 unspecified atom stereocenters. The van der Waals surface area contributed by atoms with Crippen LogP contribution in [0.25, 0.3) is 22.6 Å². The van der Waals surface area contributed by atoms with Crippen LogP contribution in [0.1, 0.15) is 83.7 Å². The lowest BCUT2D eigenvalue weighted by Gasteiger charge is -2.19. The SMILES string of the molecule is CCC.CCCC.Cc1ccc(-c2nc3ccc(C(=O)OC(C)(C)C)cc3o2)cc1. The summed E-state index contributed by atoms with van der Waals surface area (Å²) < 4.78 is 11.2. The average Bonchev–Trinajstić information content (AvgIpc) is 3.11. The van der Waals surface area contributed by atoms with Crippen molar-refractivity contribution in [2.24, 2.45) is 0 Å². The Morgan fingerprint density at radius 2 is 1.53 bits per heavy atom. The van der Waals surface area contributed by atoms with Gasteiger partial charge in [0.2, 0.25) is 5.89 Å². The Bertz CT molecular complexity index is 900.